The average molecular weight is 191 g/mol. The molecule has 3 atom stereocenters. The Hall–Kier alpha value is -0.180. The third kappa shape index (κ3) is 3.59. The van der Waals surface area contributed by atoms with Gasteiger partial charge in [0.15, 0.2) is 0 Å². The summed E-state index contributed by atoms with van der Waals surface area (Å²) < 4.78 is 24.3. The van der Waals surface area contributed by atoms with E-state index >= 15 is 0 Å². The zero-order valence-electron chi connectivity index (χ0n) is 8.18. The molecule has 0 bridgehead atoms. The minimum Gasteiger partial charge on any atom is -0.323 e. The van der Waals surface area contributed by atoms with Crippen LogP contribution in [0.25, 0.3) is 0 Å². The third-order valence-electron chi connectivity index (χ3n) is 2.97. The van der Waals surface area contributed by atoms with Crippen molar-refractivity contribution < 1.29 is 8.78 Å². The van der Waals surface area contributed by atoms with Crippen LogP contribution < -0.4 is 5.73 Å². The first-order chi connectivity index (χ1) is 6.09. The van der Waals surface area contributed by atoms with Crippen LogP contribution in [0, 0.1) is 11.8 Å². The third-order valence-corrected chi connectivity index (χ3v) is 2.97. The normalized spacial score (nSPS) is 32.1. The maximum atomic E-state index is 12.2. The molecule has 78 valence electrons. The Morgan fingerprint density at radius 2 is 2.08 bits per heavy atom. The van der Waals surface area contributed by atoms with Crippen LogP contribution >= 0.6 is 0 Å². The van der Waals surface area contributed by atoms with Crippen molar-refractivity contribution >= 4 is 0 Å². The molecule has 0 aromatic carbocycles. The molecule has 0 radical (unpaired) electrons. The van der Waals surface area contributed by atoms with E-state index in [9.17, 15) is 8.78 Å². The molecule has 3 heteroatoms. The molecule has 0 aliphatic heterocycles. The van der Waals surface area contributed by atoms with Crippen molar-refractivity contribution in [2.45, 2.75) is 51.5 Å². The van der Waals surface area contributed by atoms with E-state index in [2.05, 4.69) is 6.92 Å². The fourth-order valence-corrected chi connectivity index (χ4v) is 2.26. The van der Waals surface area contributed by atoms with Crippen molar-refractivity contribution in [2.75, 3.05) is 0 Å². The van der Waals surface area contributed by atoms with Crippen molar-refractivity contribution in [1.29, 1.82) is 0 Å². The van der Waals surface area contributed by atoms with Gasteiger partial charge in [0.05, 0.1) is 6.04 Å². The van der Waals surface area contributed by atoms with Gasteiger partial charge >= 0.3 is 0 Å². The molecule has 3 unspecified atom stereocenters. The summed E-state index contributed by atoms with van der Waals surface area (Å²) in [6, 6.07) is -0.907. The first-order valence-corrected chi connectivity index (χ1v) is 5.13. The summed E-state index contributed by atoms with van der Waals surface area (Å²) in [5.41, 5.74) is 5.34. The summed E-state index contributed by atoms with van der Waals surface area (Å²) >= 11 is 0. The van der Waals surface area contributed by atoms with Crippen LogP contribution in [0.4, 0.5) is 8.78 Å². The highest BCUT2D eigenvalue weighted by atomic mass is 19.3. The van der Waals surface area contributed by atoms with Gasteiger partial charge in [0.25, 0.3) is 6.43 Å². The highest BCUT2D eigenvalue weighted by Crippen LogP contribution is 2.31. The lowest BCUT2D eigenvalue weighted by molar-refractivity contribution is 0.0963. The summed E-state index contributed by atoms with van der Waals surface area (Å²) in [5, 5.41) is 0. The van der Waals surface area contributed by atoms with Gasteiger partial charge in [-0.2, -0.15) is 0 Å². The minimum absolute atomic E-state index is 0.438. The van der Waals surface area contributed by atoms with Crippen LogP contribution in [0.15, 0.2) is 0 Å². The highest BCUT2D eigenvalue weighted by Gasteiger charge is 2.24. The van der Waals surface area contributed by atoms with Crippen molar-refractivity contribution in [2.24, 2.45) is 17.6 Å². The minimum atomic E-state index is -2.35. The summed E-state index contributed by atoms with van der Waals surface area (Å²) in [7, 11) is 0. The summed E-state index contributed by atoms with van der Waals surface area (Å²) in [6.07, 6.45) is 2.76. The standard InChI is InChI=1S/C10H19F2N/c1-7-3-2-4-8(5-7)6-9(13)10(11)12/h7-10H,2-6,13H2,1H3. The number of hydrogen-bond donors (Lipinski definition) is 1. The van der Waals surface area contributed by atoms with Gasteiger partial charge in [-0.1, -0.05) is 26.2 Å². The molecule has 1 fully saturated rings. The Morgan fingerprint density at radius 1 is 1.38 bits per heavy atom. The molecule has 2 N–H and O–H groups in total. The largest absolute Gasteiger partial charge is 0.323 e. The quantitative estimate of drug-likeness (QED) is 0.729. The summed E-state index contributed by atoms with van der Waals surface area (Å²) in [4.78, 5) is 0. The van der Waals surface area contributed by atoms with Crippen molar-refractivity contribution in [3.63, 3.8) is 0 Å². The van der Waals surface area contributed by atoms with Crippen LogP contribution in [0.2, 0.25) is 0 Å². The predicted molar refractivity (Wildman–Crippen MR) is 49.7 cm³/mol. The Kier molecular flexibility index (Phi) is 4.10. The molecule has 0 aromatic rings. The number of rotatable bonds is 3. The lowest BCUT2D eigenvalue weighted by atomic mass is 9.79. The van der Waals surface area contributed by atoms with Gasteiger partial charge < -0.3 is 5.73 Å². The van der Waals surface area contributed by atoms with Crippen molar-refractivity contribution in [3.05, 3.63) is 0 Å². The lowest BCUT2D eigenvalue weighted by Gasteiger charge is -2.28. The van der Waals surface area contributed by atoms with Gasteiger partial charge in [-0.3, -0.25) is 0 Å². The summed E-state index contributed by atoms with van der Waals surface area (Å²) in [5.74, 6) is 1.14. The maximum absolute atomic E-state index is 12.2. The molecular weight excluding hydrogens is 172 g/mol. The molecule has 1 rings (SSSR count). The molecular formula is C10H19F2N. The van der Waals surface area contributed by atoms with Gasteiger partial charge in [-0.25, -0.2) is 8.78 Å². The van der Waals surface area contributed by atoms with Crippen molar-refractivity contribution in [3.8, 4) is 0 Å². The maximum Gasteiger partial charge on any atom is 0.253 e. The topological polar surface area (TPSA) is 26.0 Å². The molecule has 1 nitrogen and oxygen atoms in total. The van der Waals surface area contributed by atoms with E-state index < -0.39 is 12.5 Å². The first kappa shape index (κ1) is 10.9. The second kappa shape index (κ2) is 4.89. The molecule has 0 amide bonds. The zero-order valence-corrected chi connectivity index (χ0v) is 8.18. The molecule has 0 heterocycles. The SMILES string of the molecule is CC1CCCC(CC(N)C(F)F)C1. The number of halogens is 2. The Balaban J connectivity index is 2.27. The van der Waals surface area contributed by atoms with Crippen LogP contribution in [-0.4, -0.2) is 12.5 Å². The van der Waals surface area contributed by atoms with Crippen LogP contribution in [0.3, 0.4) is 0 Å². The second-order valence-corrected chi connectivity index (χ2v) is 4.37. The molecule has 13 heavy (non-hydrogen) atoms. The Labute approximate surface area is 78.7 Å². The fraction of sp³-hybridized carbons (Fsp3) is 1.00. The van der Waals surface area contributed by atoms with E-state index in [4.69, 9.17) is 5.73 Å². The lowest BCUT2D eigenvalue weighted by Crippen LogP contribution is -2.32. The van der Waals surface area contributed by atoms with E-state index in [0.717, 1.165) is 12.8 Å². The van der Waals surface area contributed by atoms with Crippen molar-refractivity contribution in [1.82, 2.24) is 0 Å². The van der Waals surface area contributed by atoms with Gasteiger partial charge in [0, 0.05) is 0 Å². The van der Waals surface area contributed by atoms with E-state index in [-0.39, 0.29) is 0 Å². The Morgan fingerprint density at radius 3 is 2.62 bits per heavy atom. The van der Waals surface area contributed by atoms with Gasteiger partial charge in [0.2, 0.25) is 0 Å². The van der Waals surface area contributed by atoms with E-state index in [0.29, 0.717) is 18.3 Å². The molecule has 1 aliphatic rings. The van der Waals surface area contributed by atoms with Gasteiger partial charge in [-0.15, -0.1) is 0 Å². The van der Waals surface area contributed by atoms with Crippen LogP contribution in [0.5, 0.6) is 0 Å². The summed E-state index contributed by atoms with van der Waals surface area (Å²) in [6.45, 7) is 2.19. The smallest absolute Gasteiger partial charge is 0.253 e. The molecule has 1 aliphatic carbocycles. The van der Waals surface area contributed by atoms with E-state index in [1.807, 2.05) is 0 Å². The number of nitrogens with two attached hydrogens (primary N) is 1. The molecule has 0 aromatic heterocycles. The molecule has 0 spiro atoms. The average Bonchev–Trinajstić information content (AvgIpc) is 2.04. The second-order valence-electron chi connectivity index (χ2n) is 4.37. The first-order valence-electron chi connectivity index (χ1n) is 5.13. The van der Waals surface area contributed by atoms with Crippen LogP contribution in [0.1, 0.15) is 39.0 Å². The highest BCUT2D eigenvalue weighted by molar-refractivity contribution is 4.75. The molecule has 0 saturated heterocycles. The van der Waals surface area contributed by atoms with E-state index in [1.165, 1.54) is 12.8 Å². The zero-order chi connectivity index (χ0) is 9.84. The number of hydrogen-bond acceptors (Lipinski definition) is 1. The van der Waals surface area contributed by atoms with Crippen LogP contribution in [-0.2, 0) is 0 Å². The fourth-order valence-electron chi connectivity index (χ4n) is 2.26. The number of alkyl halides is 2. The van der Waals surface area contributed by atoms with Gasteiger partial charge in [-0.05, 0) is 24.7 Å². The van der Waals surface area contributed by atoms with E-state index in [1.54, 1.807) is 0 Å². The Bertz CT molecular complexity index is 150. The monoisotopic (exact) mass is 191 g/mol. The molecule has 1 saturated carbocycles. The predicted octanol–water partition coefficient (Wildman–Crippen LogP) is 2.80. The van der Waals surface area contributed by atoms with Gasteiger partial charge in [0.1, 0.15) is 0 Å².